The monoisotopic (exact) mass is 311 g/mol. The molecule has 0 aromatic heterocycles. The molecule has 0 spiro atoms. The third kappa shape index (κ3) is 3.17. The number of fused-ring (bicyclic) bond motifs is 1. The minimum Gasteiger partial charge on any atom is -0.482 e. The number of sulfonamides is 1. The largest absolute Gasteiger partial charge is 0.482 e. The molecule has 1 saturated heterocycles. The highest BCUT2D eigenvalue weighted by Crippen LogP contribution is 2.30. The molecule has 1 aromatic carbocycles. The number of carbonyl (C=O) groups excluding carboxylic acids is 1. The summed E-state index contributed by atoms with van der Waals surface area (Å²) in [5.74, 6) is 0.193. The topological polar surface area (TPSA) is 96.5 Å². The molecule has 3 rings (SSSR count). The Morgan fingerprint density at radius 2 is 2.00 bits per heavy atom. The summed E-state index contributed by atoms with van der Waals surface area (Å²) in [7, 11) is -3.60. The Balaban J connectivity index is 1.81. The van der Waals surface area contributed by atoms with Crippen LogP contribution in [-0.2, 0) is 14.8 Å². The van der Waals surface area contributed by atoms with Crippen molar-refractivity contribution in [1.29, 1.82) is 0 Å². The van der Waals surface area contributed by atoms with Crippen molar-refractivity contribution in [2.24, 2.45) is 0 Å². The van der Waals surface area contributed by atoms with Crippen LogP contribution in [0, 0.1) is 0 Å². The van der Waals surface area contributed by atoms with E-state index in [1.165, 1.54) is 12.1 Å². The number of benzene rings is 1. The van der Waals surface area contributed by atoms with Gasteiger partial charge >= 0.3 is 0 Å². The number of nitrogens with one attached hydrogen (secondary N) is 3. The van der Waals surface area contributed by atoms with Gasteiger partial charge in [-0.05, 0) is 44.1 Å². The second-order valence-electron chi connectivity index (χ2n) is 5.14. The van der Waals surface area contributed by atoms with Crippen LogP contribution in [0.5, 0.6) is 5.75 Å². The molecule has 0 atom stereocenters. The summed E-state index contributed by atoms with van der Waals surface area (Å²) in [6.07, 6.45) is 1.54. The Kier molecular flexibility index (Phi) is 3.83. The van der Waals surface area contributed by atoms with E-state index in [2.05, 4.69) is 15.4 Å². The molecule has 2 heterocycles. The van der Waals surface area contributed by atoms with Gasteiger partial charge in [-0.25, -0.2) is 13.1 Å². The second-order valence-corrected chi connectivity index (χ2v) is 6.85. The maximum Gasteiger partial charge on any atom is 0.262 e. The Hall–Kier alpha value is -1.64. The van der Waals surface area contributed by atoms with Crippen molar-refractivity contribution in [3.8, 4) is 5.75 Å². The van der Waals surface area contributed by atoms with Crippen molar-refractivity contribution < 1.29 is 17.9 Å². The Bertz CT molecular complexity index is 653. The van der Waals surface area contributed by atoms with Crippen LogP contribution in [0.25, 0.3) is 0 Å². The molecular formula is C13H17N3O4S. The molecule has 2 aliphatic heterocycles. The number of amides is 1. The van der Waals surface area contributed by atoms with Crippen LogP contribution < -0.4 is 20.1 Å². The van der Waals surface area contributed by atoms with Gasteiger partial charge in [-0.3, -0.25) is 4.79 Å². The van der Waals surface area contributed by atoms with Gasteiger partial charge in [0, 0.05) is 6.04 Å². The number of hydrogen-bond donors (Lipinski definition) is 3. The summed E-state index contributed by atoms with van der Waals surface area (Å²) in [5.41, 5.74) is 0.388. The predicted octanol–water partition coefficient (Wildman–Crippen LogP) is 0.0478. The van der Waals surface area contributed by atoms with Gasteiger partial charge in [-0.2, -0.15) is 0 Å². The lowest BCUT2D eigenvalue weighted by molar-refractivity contribution is -0.118. The minimum absolute atomic E-state index is 0.0492. The van der Waals surface area contributed by atoms with Gasteiger partial charge in [-0.1, -0.05) is 0 Å². The molecule has 7 nitrogen and oxygen atoms in total. The average Bonchev–Trinajstić information content (AvgIpc) is 2.47. The molecule has 0 unspecified atom stereocenters. The van der Waals surface area contributed by atoms with Crippen LogP contribution in [0.3, 0.4) is 0 Å². The molecule has 2 aliphatic rings. The predicted molar refractivity (Wildman–Crippen MR) is 76.8 cm³/mol. The molecular weight excluding hydrogens is 294 g/mol. The summed E-state index contributed by atoms with van der Waals surface area (Å²) in [6.45, 7) is 1.56. The molecule has 21 heavy (non-hydrogen) atoms. The van der Waals surface area contributed by atoms with E-state index in [0.29, 0.717) is 11.4 Å². The molecule has 0 saturated carbocycles. The lowest BCUT2D eigenvalue weighted by Crippen LogP contribution is -2.42. The molecule has 3 N–H and O–H groups in total. The normalized spacial score (nSPS) is 19.5. The van der Waals surface area contributed by atoms with Crippen molar-refractivity contribution >= 4 is 21.6 Å². The van der Waals surface area contributed by atoms with Gasteiger partial charge in [0.15, 0.2) is 6.61 Å². The third-order valence-electron chi connectivity index (χ3n) is 3.56. The van der Waals surface area contributed by atoms with Crippen molar-refractivity contribution in [3.63, 3.8) is 0 Å². The maximum absolute atomic E-state index is 12.4. The van der Waals surface area contributed by atoms with Crippen molar-refractivity contribution in [1.82, 2.24) is 10.0 Å². The lowest BCUT2D eigenvalue weighted by Gasteiger charge is -2.24. The number of rotatable bonds is 3. The second kappa shape index (κ2) is 5.63. The molecule has 8 heteroatoms. The van der Waals surface area contributed by atoms with Gasteiger partial charge in [0.1, 0.15) is 5.75 Å². The van der Waals surface area contributed by atoms with Crippen LogP contribution in [-0.4, -0.2) is 40.1 Å². The Morgan fingerprint density at radius 3 is 2.76 bits per heavy atom. The fraction of sp³-hybridized carbons (Fsp3) is 0.462. The number of anilines is 1. The quantitative estimate of drug-likeness (QED) is 0.733. The molecule has 0 bridgehead atoms. The van der Waals surface area contributed by atoms with Gasteiger partial charge in [-0.15, -0.1) is 0 Å². The highest BCUT2D eigenvalue weighted by Gasteiger charge is 2.24. The average molecular weight is 311 g/mol. The smallest absolute Gasteiger partial charge is 0.262 e. The van der Waals surface area contributed by atoms with Crippen molar-refractivity contribution in [3.05, 3.63) is 18.2 Å². The Labute approximate surface area is 123 Å². The molecule has 1 fully saturated rings. The lowest BCUT2D eigenvalue weighted by atomic mass is 10.1. The number of carbonyl (C=O) groups is 1. The zero-order valence-corrected chi connectivity index (χ0v) is 12.2. The van der Waals surface area contributed by atoms with Crippen molar-refractivity contribution in [2.75, 3.05) is 25.0 Å². The van der Waals surface area contributed by atoms with E-state index in [-0.39, 0.29) is 23.5 Å². The first-order chi connectivity index (χ1) is 10.0. The zero-order chi connectivity index (χ0) is 14.9. The van der Waals surface area contributed by atoms with Gasteiger partial charge in [0.05, 0.1) is 10.6 Å². The summed E-state index contributed by atoms with van der Waals surface area (Å²) in [4.78, 5) is 11.4. The van der Waals surface area contributed by atoms with Crippen LogP contribution >= 0.6 is 0 Å². The Morgan fingerprint density at radius 1 is 1.24 bits per heavy atom. The van der Waals surface area contributed by atoms with E-state index in [9.17, 15) is 13.2 Å². The summed E-state index contributed by atoms with van der Waals surface area (Å²) in [6, 6.07) is 4.42. The van der Waals surface area contributed by atoms with E-state index in [4.69, 9.17) is 4.74 Å². The summed E-state index contributed by atoms with van der Waals surface area (Å²) in [5, 5.41) is 5.80. The van der Waals surface area contributed by atoms with Crippen LogP contribution in [0.4, 0.5) is 5.69 Å². The van der Waals surface area contributed by atoms with Gasteiger partial charge in [0.2, 0.25) is 10.0 Å². The number of piperidine rings is 1. The molecule has 0 aliphatic carbocycles. The fourth-order valence-corrected chi connectivity index (χ4v) is 3.79. The SMILES string of the molecule is O=C1COc2ccc(S(=O)(=O)NC3CCNCC3)cc2N1. The number of ether oxygens (including phenoxy) is 1. The standard InChI is InChI=1S/C13H17N3O4S/c17-13-8-20-12-2-1-10(7-11(12)15-13)21(18,19)16-9-3-5-14-6-4-9/h1-2,7,9,14,16H,3-6,8H2,(H,15,17). The van der Waals surface area contributed by atoms with E-state index in [0.717, 1.165) is 25.9 Å². The number of hydrogen-bond acceptors (Lipinski definition) is 5. The fourth-order valence-electron chi connectivity index (χ4n) is 2.46. The summed E-state index contributed by atoms with van der Waals surface area (Å²) < 4.78 is 32.7. The first-order valence-corrected chi connectivity index (χ1v) is 8.33. The van der Waals surface area contributed by atoms with Crippen LogP contribution in [0.1, 0.15) is 12.8 Å². The van der Waals surface area contributed by atoms with Gasteiger partial charge < -0.3 is 15.4 Å². The highest BCUT2D eigenvalue weighted by atomic mass is 32.2. The van der Waals surface area contributed by atoms with E-state index in [1.54, 1.807) is 6.07 Å². The maximum atomic E-state index is 12.4. The van der Waals surface area contributed by atoms with Gasteiger partial charge in [0.25, 0.3) is 5.91 Å². The van der Waals surface area contributed by atoms with E-state index >= 15 is 0 Å². The first-order valence-electron chi connectivity index (χ1n) is 6.84. The van der Waals surface area contributed by atoms with Crippen molar-refractivity contribution in [2.45, 2.75) is 23.8 Å². The highest BCUT2D eigenvalue weighted by molar-refractivity contribution is 7.89. The zero-order valence-electron chi connectivity index (χ0n) is 11.4. The molecule has 1 amide bonds. The van der Waals surface area contributed by atoms with Crippen LogP contribution in [0.15, 0.2) is 23.1 Å². The van der Waals surface area contributed by atoms with Crippen LogP contribution in [0.2, 0.25) is 0 Å². The van der Waals surface area contributed by atoms with E-state index in [1.807, 2.05) is 0 Å². The minimum atomic E-state index is -3.60. The first kappa shape index (κ1) is 14.3. The molecule has 114 valence electrons. The molecule has 1 aromatic rings. The molecule has 0 radical (unpaired) electrons. The summed E-state index contributed by atoms with van der Waals surface area (Å²) >= 11 is 0. The van der Waals surface area contributed by atoms with E-state index < -0.39 is 10.0 Å². The third-order valence-corrected chi connectivity index (χ3v) is 5.07.